The van der Waals surface area contributed by atoms with E-state index in [4.69, 9.17) is 0 Å². The van der Waals surface area contributed by atoms with Gasteiger partial charge in [-0.15, -0.1) is 0 Å². The zero-order valence-corrected chi connectivity index (χ0v) is 18.0. The summed E-state index contributed by atoms with van der Waals surface area (Å²) in [5.74, 6) is -1.97. The molecule has 0 aromatic rings. The second-order valence-corrected chi connectivity index (χ2v) is 5.38. The van der Waals surface area contributed by atoms with Crippen LogP contribution in [-0.2, 0) is 9.59 Å². The minimum absolute atomic E-state index is 0. The van der Waals surface area contributed by atoms with Gasteiger partial charge in [0.05, 0.1) is 19.9 Å². The van der Waals surface area contributed by atoms with Crippen LogP contribution in [0.1, 0.15) is 0 Å². The van der Waals surface area contributed by atoms with Crippen LogP contribution in [0.2, 0.25) is 0 Å². The third-order valence-electron chi connectivity index (χ3n) is 3.51. The minimum Gasteiger partial charge on any atom is -0.870 e. The Balaban J connectivity index is 0.00000392. The van der Waals surface area contributed by atoms with E-state index in [1.165, 1.54) is 0 Å². The molecule has 2 aliphatic heterocycles. The molecular formula is C11H17KN8O9. The molecule has 2 unspecified atom stereocenters. The van der Waals surface area contributed by atoms with Crippen LogP contribution in [0, 0.1) is 0 Å². The number of nitrogens with one attached hydrogen (secondary N) is 8. The smallest absolute Gasteiger partial charge is 0.870 e. The predicted molar refractivity (Wildman–Crippen MR) is 83.1 cm³/mol. The van der Waals surface area contributed by atoms with E-state index in [0.29, 0.717) is 0 Å². The molecule has 0 aromatic carbocycles. The molecule has 17 nitrogen and oxygen atoms in total. The summed E-state index contributed by atoms with van der Waals surface area (Å²) in [6.07, 6.45) is 0. The molecule has 0 radical (unpaired) electrons. The molecule has 2 saturated heterocycles. The van der Waals surface area contributed by atoms with Gasteiger partial charge >= 0.3 is 75.5 Å². The van der Waals surface area contributed by atoms with Gasteiger partial charge in [-0.2, -0.15) is 0 Å². The number of hydrogen-bond acceptors (Lipinski definition) is 9. The molecule has 2 atom stereocenters. The Hall–Kier alpha value is -2.06. The fraction of sp³-hybridized carbons (Fsp3) is 0.455. The van der Waals surface area contributed by atoms with Gasteiger partial charge in [0.25, 0.3) is 11.8 Å². The Morgan fingerprint density at radius 3 is 1.38 bits per heavy atom. The van der Waals surface area contributed by atoms with Gasteiger partial charge in [-0.05, 0) is 0 Å². The summed E-state index contributed by atoms with van der Waals surface area (Å²) in [5, 5.41) is 34.4. The molecule has 2 heterocycles. The van der Waals surface area contributed by atoms with Crippen LogP contribution >= 0.6 is 0 Å². The van der Waals surface area contributed by atoms with E-state index in [1.807, 2.05) is 31.9 Å². The van der Waals surface area contributed by atoms with Crippen LogP contribution in [0.4, 0.5) is 19.2 Å². The summed E-state index contributed by atoms with van der Waals surface area (Å²) in [6.45, 7) is -2.38. The molecule has 11 N–H and O–H groups in total. The SMILES string of the molecule is O=C(NCNC(=O)NC1(CO)NC(=O)NC1=O)NC1(CO)NC(=O)NC1=O.[K+].[OH-]. The van der Waals surface area contributed by atoms with Gasteiger partial charge in [-0.1, -0.05) is 0 Å². The van der Waals surface area contributed by atoms with Crippen molar-refractivity contribution in [3.05, 3.63) is 0 Å². The van der Waals surface area contributed by atoms with Crippen molar-refractivity contribution in [1.82, 2.24) is 42.5 Å². The molecule has 0 saturated carbocycles. The largest absolute Gasteiger partial charge is 1.00 e. The number of carbonyl (C=O) groups excluding carboxylic acids is 6. The molecule has 0 spiro atoms. The first kappa shape index (κ1) is 26.9. The van der Waals surface area contributed by atoms with Crippen LogP contribution in [0.3, 0.4) is 0 Å². The molecule has 156 valence electrons. The molecule has 10 amide bonds. The van der Waals surface area contributed by atoms with Crippen LogP contribution in [0.5, 0.6) is 0 Å². The fourth-order valence-corrected chi connectivity index (χ4v) is 2.14. The van der Waals surface area contributed by atoms with Crippen LogP contribution in [0.15, 0.2) is 0 Å². The van der Waals surface area contributed by atoms with E-state index in [0.717, 1.165) is 0 Å². The first-order chi connectivity index (χ1) is 12.7. The van der Waals surface area contributed by atoms with Gasteiger partial charge in [0.2, 0.25) is 11.3 Å². The van der Waals surface area contributed by atoms with Gasteiger partial charge in [-0.3, -0.25) is 20.2 Å². The summed E-state index contributed by atoms with van der Waals surface area (Å²) in [5.41, 5.74) is -4.12. The monoisotopic (exact) mass is 444 g/mol. The van der Waals surface area contributed by atoms with Crippen LogP contribution in [0.25, 0.3) is 0 Å². The van der Waals surface area contributed by atoms with Crippen molar-refractivity contribution in [2.24, 2.45) is 0 Å². The summed E-state index contributed by atoms with van der Waals surface area (Å²) >= 11 is 0. The maximum absolute atomic E-state index is 11.8. The number of amides is 10. The van der Waals surface area contributed by atoms with Crippen LogP contribution in [-0.4, -0.2) is 82.8 Å². The Morgan fingerprint density at radius 2 is 1.14 bits per heavy atom. The number of aliphatic hydroxyl groups excluding tert-OH is 2. The second kappa shape index (κ2) is 10.6. The van der Waals surface area contributed by atoms with Crippen molar-refractivity contribution in [3.8, 4) is 0 Å². The Labute approximate surface area is 204 Å². The first-order valence-corrected chi connectivity index (χ1v) is 7.27. The normalized spacial score (nSPS) is 24.6. The summed E-state index contributed by atoms with van der Waals surface area (Å²) < 4.78 is 0. The molecular weight excluding hydrogens is 427 g/mol. The molecule has 2 aliphatic rings. The van der Waals surface area contributed by atoms with Crippen molar-refractivity contribution in [3.63, 3.8) is 0 Å². The standard InChI is InChI=1S/C11H16N8O8.K.H2O/c20-1-10(4(22)14-8(26)18-10)16-6(24)12-3-13-7(25)17-11(2-21)5(23)15-9(27)19-11;;/h20-21H,1-3H2,(H2,12,16,24)(H2,13,17,25)(H2,14,18,22,26)(H2,15,19,23,27);;1H2/q;+1;/p-1. The zero-order chi connectivity index (χ0) is 20.2. The molecule has 18 heteroatoms. The van der Waals surface area contributed by atoms with Gasteiger partial charge < -0.3 is 47.6 Å². The van der Waals surface area contributed by atoms with E-state index in [9.17, 15) is 39.0 Å². The van der Waals surface area contributed by atoms with E-state index < -0.39 is 67.1 Å². The van der Waals surface area contributed by atoms with Gasteiger partial charge in [0.15, 0.2) is 0 Å². The van der Waals surface area contributed by atoms with Gasteiger partial charge in [0.1, 0.15) is 0 Å². The molecule has 2 rings (SSSR count). The topological polar surface area (TPSA) is 269 Å². The maximum atomic E-state index is 11.8. The maximum Gasteiger partial charge on any atom is 1.00 e. The second-order valence-electron chi connectivity index (χ2n) is 5.38. The molecule has 29 heavy (non-hydrogen) atoms. The fourth-order valence-electron chi connectivity index (χ4n) is 2.14. The Kier molecular flexibility index (Phi) is 9.88. The Morgan fingerprint density at radius 1 is 0.793 bits per heavy atom. The predicted octanol–water partition coefficient (Wildman–Crippen LogP) is -8.57. The summed E-state index contributed by atoms with van der Waals surface area (Å²) in [6, 6.07) is -3.91. The van der Waals surface area contributed by atoms with E-state index >= 15 is 0 Å². The number of hydrogen-bond donors (Lipinski definition) is 10. The number of carbonyl (C=O) groups is 6. The number of imide groups is 2. The van der Waals surface area contributed by atoms with Gasteiger partial charge in [-0.25, -0.2) is 19.2 Å². The number of rotatable bonds is 6. The number of aliphatic hydroxyl groups is 2. The quantitative estimate of drug-likeness (QED) is 0.106. The minimum atomic E-state index is -2.06. The third kappa shape index (κ3) is 5.96. The van der Waals surface area contributed by atoms with Crippen molar-refractivity contribution >= 4 is 35.9 Å². The molecule has 0 aliphatic carbocycles. The average Bonchev–Trinajstić information content (AvgIpc) is 3.03. The summed E-state index contributed by atoms with van der Waals surface area (Å²) in [4.78, 5) is 68.9. The molecule has 0 bridgehead atoms. The molecule has 2 fully saturated rings. The summed E-state index contributed by atoms with van der Waals surface area (Å²) in [7, 11) is 0. The zero-order valence-electron chi connectivity index (χ0n) is 14.9. The van der Waals surface area contributed by atoms with Crippen LogP contribution < -0.4 is 93.9 Å². The third-order valence-corrected chi connectivity index (χ3v) is 3.51. The van der Waals surface area contributed by atoms with Crippen molar-refractivity contribution in [2.75, 3.05) is 19.9 Å². The number of urea groups is 4. The van der Waals surface area contributed by atoms with Crippen molar-refractivity contribution in [2.45, 2.75) is 11.3 Å². The Bertz CT molecular complexity index is 662. The molecule has 0 aromatic heterocycles. The van der Waals surface area contributed by atoms with Crippen molar-refractivity contribution < 1.29 is 95.8 Å². The van der Waals surface area contributed by atoms with E-state index in [2.05, 4.69) is 10.6 Å². The van der Waals surface area contributed by atoms with E-state index in [-0.39, 0.29) is 56.9 Å². The van der Waals surface area contributed by atoms with Crippen molar-refractivity contribution in [1.29, 1.82) is 0 Å². The van der Waals surface area contributed by atoms with Gasteiger partial charge in [0, 0.05) is 0 Å². The first-order valence-electron chi connectivity index (χ1n) is 7.27. The average molecular weight is 444 g/mol. The van der Waals surface area contributed by atoms with E-state index in [1.54, 1.807) is 0 Å².